The smallest absolute Gasteiger partial charge is 0.169 e. The van der Waals surface area contributed by atoms with Crippen molar-refractivity contribution < 1.29 is 9.52 Å². The highest BCUT2D eigenvalue weighted by Gasteiger charge is 2.14. The maximum atomic E-state index is 9.42. The molecule has 0 saturated heterocycles. The van der Waals surface area contributed by atoms with Gasteiger partial charge in [-0.15, -0.1) is 0 Å². The number of hydrogen-bond donors (Lipinski definition) is 1. The second kappa shape index (κ2) is 2.99. The van der Waals surface area contributed by atoms with Crippen molar-refractivity contribution in [3.8, 4) is 0 Å². The third-order valence-electron chi connectivity index (χ3n) is 1.26. The summed E-state index contributed by atoms with van der Waals surface area (Å²) in [4.78, 5) is 0. The van der Waals surface area contributed by atoms with Crippen molar-refractivity contribution in [1.29, 1.82) is 0 Å². The first kappa shape index (κ1) is 8.81. The SMILES string of the molecule is CC(C)(O)Cc1coc(Br)c1. The molecule has 0 aliphatic heterocycles. The van der Waals surface area contributed by atoms with E-state index in [1.807, 2.05) is 6.07 Å². The van der Waals surface area contributed by atoms with Gasteiger partial charge in [0, 0.05) is 6.42 Å². The number of aliphatic hydroxyl groups is 1. The molecule has 2 nitrogen and oxygen atoms in total. The van der Waals surface area contributed by atoms with Crippen LogP contribution in [0.4, 0.5) is 0 Å². The number of hydrogen-bond acceptors (Lipinski definition) is 2. The van der Waals surface area contributed by atoms with Crippen LogP contribution in [0.2, 0.25) is 0 Å². The van der Waals surface area contributed by atoms with E-state index in [4.69, 9.17) is 4.42 Å². The monoisotopic (exact) mass is 218 g/mol. The maximum absolute atomic E-state index is 9.42. The second-order valence-electron chi connectivity index (χ2n) is 3.25. The van der Waals surface area contributed by atoms with Gasteiger partial charge < -0.3 is 9.52 Å². The van der Waals surface area contributed by atoms with Gasteiger partial charge in [-0.05, 0) is 41.4 Å². The van der Waals surface area contributed by atoms with E-state index < -0.39 is 5.60 Å². The second-order valence-corrected chi connectivity index (χ2v) is 4.03. The number of rotatable bonds is 2. The Morgan fingerprint density at radius 1 is 1.64 bits per heavy atom. The van der Waals surface area contributed by atoms with Crippen LogP contribution < -0.4 is 0 Å². The molecule has 3 heteroatoms. The first-order valence-electron chi connectivity index (χ1n) is 3.43. The Labute approximate surface area is 74.3 Å². The number of halogens is 1. The van der Waals surface area contributed by atoms with Crippen LogP contribution in [0.3, 0.4) is 0 Å². The first-order chi connectivity index (χ1) is 4.97. The van der Waals surface area contributed by atoms with Crippen molar-refractivity contribution in [2.24, 2.45) is 0 Å². The Hall–Kier alpha value is -0.280. The van der Waals surface area contributed by atoms with Crippen molar-refractivity contribution >= 4 is 15.9 Å². The molecule has 0 radical (unpaired) electrons. The van der Waals surface area contributed by atoms with Gasteiger partial charge in [-0.25, -0.2) is 0 Å². The largest absolute Gasteiger partial charge is 0.457 e. The molecule has 0 aromatic carbocycles. The zero-order chi connectivity index (χ0) is 8.48. The van der Waals surface area contributed by atoms with Gasteiger partial charge in [0.15, 0.2) is 4.67 Å². The van der Waals surface area contributed by atoms with Crippen molar-refractivity contribution in [1.82, 2.24) is 0 Å². The fourth-order valence-corrected chi connectivity index (χ4v) is 1.33. The molecule has 0 bridgehead atoms. The maximum Gasteiger partial charge on any atom is 0.169 e. The molecule has 1 rings (SSSR count). The van der Waals surface area contributed by atoms with Crippen LogP contribution in [0.25, 0.3) is 0 Å². The van der Waals surface area contributed by atoms with E-state index in [1.165, 1.54) is 0 Å². The van der Waals surface area contributed by atoms with Crippen molar-refractivity contribution in [2.45, 2.75) is 25.9 Å². The van der Waals surface area contributed by atoms with Crippen LogP contribution in [-0.2, 0) is 6.42 Å². The molecule has 0 unspecified atom stereocenters. The summed E-state index contributed by atoms with van der Waals surface area (Å²) in [5.41, 5.74) is 0.341. The lowest BCUT2D eigenvalue weighted by Gasteiger charge is -2.14. The van der Waals surface area contributed by atoms with Crippen LogP contribution in [0.15, 0.2) is 21.4 Å². The highest BCUT2D eigenvalue weighted by Crippen LogP contribution is 2.18. The van der Waals surface area contributed by atoms with E-state index in [-0.39, 0.29) is 0 Å². The van der Waals surface area contributed by atoms with Gasteiger partial charge in [0.25, 0.3) is 0 Å². The van der Waals surface area contributed by atoms with Gasteiger partial charge in [0.2, 0.25) is 0 Å². The normalized spacial score (nSPS) is 12.0. The van der Waals surface area contributed by atoms with Gasteiger partial charge in [-0.1, -0.05) is 0 Å². The summed E-state index contributed by atoms with van der Waals surface area (Å²) in [6.45, 7) is 3.54. The molecular formula is C8H11BrO2. The van der Waals surface area contributed by atoms with Crippen molar-refractivity contribution in [2.75, 3.05) is 0 Å². The summed E-state index contributed by atoms with van der Waals surface area (Å²) in [5, 5.41) is 9.42. The molecule has 0 amide bonds. The van der Waals surface area contributed by atoms with E-state index in [9.17, 15) is 5.11 Å². The van der Waals surface area contributed by atoms with Gasteiger partial charge in [-0.3, -0.25) is 0 Å². The molecule has 0 fully saturated rings. The minimum Gasteiger partial charge on any atom is -0.457 e. The Morgan fingerprint density at radius 3 is 2.64 bits per heavy atom. The molecule has 62 valence electrons. The molecule has 0 aliphatic rings. The molecule has 1 heterocycles. The van der Waals surface area contributed by atoms with Crippen LogP contribution in [0.5, 0.6) is 0 Å². The molecule has 0 spiro atoms. The van der Waals surface area contributed by atoms with Crippen molar-refractivity contribution in [3.63, 3.8) is 0 Å². The predicted octanol–water partition coefficient (Wildman–Crippen LogP) is 2.36. The zero-order valence-corrected chi connectivity index (χ0v) is 8.18. The lowest BCUT2D eigenvalue weighted by atomic mass is 10.0. The van der Waals surface area contributed by atoms with Crippen LogP contribution >= 0.6 is 15.9 Å². The molecule has 0 aliphatic carbocycles. The Balaban J connectivity index is 2.65. The lowest BCUT2D eigenvalue weighted by Crippen LogP contribution is -2.21. The van der Waals surface area contributed by atoms with Crippen molar-refractivity contribution in [3.05, 3.63) is 22.6 Å². The van der Waals surface area contributed by atoms with Gasteiger partial charge >= 0.3 is 0 Å². The molecular weight excluding hydrogens is 208 g/mol. The first-order valence-corrected chi connectivity index (χ1v) is 4.22. The summed E-state index contributed by atoms with van der Waals surface area (Å²) in [6, 6.07) is 1.86. The van der Waals surface area contributed by atoms with Gasteiger partial charge in [-0.2, -0.15) is 0 Å². The van der Waals surface area contributed by atoms with Gasteiger partial charge in [0.1, 0.15) is 0 Å². The van der Waals surface area contributed by atoms with Crippen LogP contribution in [-0.4, -0.2) is 10.7 Å². The third kappa shape index (κ3) is 3.08. The Morgan fingerprint density at radius 2 is 2.27 bits per heavy atom. The van der Waals surface area contributed by atoms with Crippen LogP contribution in [0, 0.1) is 0 Å². The van der Waals surface area contributed by atoms with E-state index in [0.29, 0.717) is 11.1 Å². The average Bonchev–Trinajstić information content (AvgIpc) is 2.10. The summed E-state index contributed by atoms with van der Waals surface area (Å²) in [6.07, 6.45) is 2.25. The Bertz CT molecular complexity index is 234. The highest BCUT2D eigenvalue weighted by molar-refractivity contribution is 9.10. The molecule has 1 N–H and O–H groups in total. The molecule has 1 aromatic rings. The minimum atomic E-state index is -0.663. The highest BCUT2D eigenvalue weighted by atomic mass is 79.9. The Kier molecular flexibility index (Phi) is 2.40. The minimum absolute atomic E-state index is 0.613. The number of furan rings is 1. The van der Waals surface area contributed by atoms with E-state index in [0.717, 1.165) is 5.56 Å². The fraction of sp³-hybridized carbons (Fsp3) is 0.500. The summed E-state index contributed by atoms with van der Waals surface area (Å²) < 4.78 is 5.72. The van der Waals surface area contributed by atoms with Gasteiger partial charge in [0.05, 0.1) is 11.9 Å². The van der Waals surface area contributed by atoms with E-state index >= 15 is 0 Å². The average molecular weight is 219 g/mol. The fourth-order valence-electron chi connectivity index (χ4n) is 0.938. The quantitative estimate of drug-likeness (QED) is 0.828. The van der Waals surface area contributed by atoms with E-state index in [2.05, 4.69) is 15.9 Å². The summed E-state index contributed by atoms with van der Waals surface area (Å²) >= 11 is 3.19. The molecule has 0 saturated carbocycles. The zero-order valence-electron chi connectivity index (χ0n) is 6.60. The molecule has 0 atom stereocenters. The standard InChI is InChI=1S/C8H11BrO2/c1-8(2,10)4-6-3-7(9)11-5-6/h3,5,10H,4H2,1-2H3. The lowest BCUT2D eigenvalue weighted by molar-refractivity contribution is 0.0808. The molecule has 1 aromatic heterocycles. The predicted molar refractivity (Wildman–Crippen MR) is 46.4 cm³/mol. The molecule has 11 heavy (non-hydrogen) atoms. The third-order valence-corrected chi connectivity index (χ3v) is 1.67. The van der Waals surface area contributed by atoms with E-state index in [1.54, 1.807) is 20.1 Å². The summed E-state index contributed by atoms with van der Waals surface area (Å²) in [5.74, 6) is 0. The van der Waals surface area contributed by atoms with Crippen LogP contribution in [0.1, 0.15) is 19.4 Å². The summed E-state index contributed by atoms with van der Waals surface area (Å²) in [7, 11) is 0. The topological polar surface area (TPSA) is 33.4 Å².